The van der Waals surface area contributed by atoms with E-state index in [1.807, 2.05) is 0 Å². The van der Waals surface area contributed by atoms with Gasteiger partial charge in [0.25, 0.3) is 0 Å². The summed E-state index contributed by atoms with van der Waals surface area (Å²) in [6.45, 7) is 0. The maximum absolute atomic E-state index is 1.63. The Morgan fingerprint density at radius 1 is 0.769 bits per heavy atom. The van der Waals surface area contributed by atoms with Crippen molar-refractivity contribution in [3.8, 4) is 0 Å². The summed E-state index contributed by atoms with van der Waals surface area (Å²) in [5.41, 5.74) is 1.19. The van der Waals surface area contributed by atoms with Gasteiger partial charge in [0.05, 0.1) is 0 Å². The van der Waals surface area contributed by atoms with Crippen LogP contribution in [0.3, 0.4) is 0 Å². The summed E-state index contributed by atoms with van der Waals surface area (Å²) in [5.74, 6) is 3.52. The van der Waals surface area contributed by atoms with Crippen molar-refractivity contribution >= 4 is 8.58 Å². The molecule has 2 aliphatic carbocycles. The third-order valence-corrected chi connectivity index (χ3v) is 6.58. The Morgan fingerprint density at radius 3 is 2.46 bits per heavy atom. The molecule has 3 aliphatic rings. The number of hydrogen-bond donors (Lipinski definition) is 0. The van der Waals surface area contributed by atoms with Gasteiger partial charge in [-0.05, 0) is 55.3 Å². The predicted octanol–water partition coefficient (Wildman–Crippen LogP) is 3.65. The van der Waals surface area contributed by atoms with Gasteiger partial charge < -0.3 is 0 Å². The number of hydrogen-bond acceptors (Lipinski definition) is 0. The molecule has 13 heavy (non-hydrogen) atoms. The van der Waals surface area contributed by atoms with Crippen LogP contribution in [0.5, 0.6) is 0 Å². The highest BCUT2D eigenvalue weighted by molar-refractivity contribution is 7.39. The minimum Gasteiger partial charge on any atom is -0.119 e. The lowest BCUT2D eigenvalue weighted by Gasteiger charge is -2.41. The van der Waals surface area contributed by atoms with Gasteiger partial charge in [0.1, 0.15) is 0 Å². The molecule has 0 bridgehead atoms. The fraction of sp³-hybridized carbons (Fsp3) is 1.00. The van der Waals surface area contributed by atoms with Crippen molar-refractivity contribution < 1.29 is 0 Å². The van der Waals surface area contributed by atoms with Crippen molar-refractivity contribution in [2.75, 3.05) is 6.16 Å². The Bertz CT molecular complexity index is 170. The Morgan fingerprint density at radius 2 is 1.54 bits per heavy atom. The highest BCUT2D eigenvalue weighted by atomic mass is 31.1. The van der Waals surface area contributed by atoms with E-state index >= 15 is 0 Å². The topological polar surface area (TPSA) is 0 Å². The molecule has 5 atom stereocenters. The van der Waals surface area contributed by atoms with Crippen LogP contribution in [0.2, 0.25) is 0 Å². The summed E-state index contributed by atoms with van der Waals surface area (Å²) in [6, 6.07) is 0. The van der Waals surface area contributed by atoms with Crippen LogP contribution in [0, 0.1) is 17.8 Å². The van der Waals surface area contributed by atoms with Crippen LogP contribution in [0.15, 0.2) is 0 Å². The van der Waals surface area contributed by atoms with E-state index in [4.69, 9.17) is 0 Å². The van der Waals surface area contributed by atoms with Crippen LogP contribution >= 0.6 is 8.58 Å². The van der Waals surface area contributed by atoms with Gasteiger partial charge in [-0.2, -0.15) is 0 Å². The summed E-state index contributed by atoms with van der Waals surface area (Å²) in [4.78, 5) is 0. The van der Waals surface area contributed by atoms with Gasteiger partial charge in [-0.1, -0.05) is 19.3 Å². The lowest BCUT2D eigenvalue weighted by atomic mass is 9.74. The second-order valence-corrected chi connectivity index (χ2v) is 7.04. The fourth-order valence-electron chi connectivity index (χ4n) is 4.03. The molecule has 0 aromatic heterocycles. The molecule has 0 aromatic carbocycles. The standard InChI is InChI=1S/C12H21P/c1-3-9-7-11-5-2-6-13-12(11)8-10(9)4-1/h9-13H,1-8H2. The van der Waals surface area contributed by atoms with E-state index in [0.717, 1.165) is 0 Å². The van der Waals surface area contributed by atoms with Gasteiger partial charge in [-0.15, -0.1) is 8.58 Å². The van der Waals surface area contributed by atoms with Gasteiger partial charge in [0.2, 0.25) is 0 Å². The lowest BCUT2D eigenvalue weighted by Crippen LogP contribution is -2.32. The quantitative estimate of drug-likeness (QED) is 0.519. The second kappa shape index (κ2) is 3.54. The summed E-state index contributed by atoms with van der Waals surface area (Å²) < 4.78 is 0. The molecule has 5 unspecified atom stereocenters. The van der Waals surface area contributed by atoms with Gasteiger partial charge in [-0.25, -0.2) is 0 Å². The predicted molar refractivity (Wildman–Crippen MR) is 59.8 cm³/mol. The SMILES string of the molecule is C1CC2CC3CCCPC3CC2C1. The van der Waals surface area contributed by atoms with Crippen LogP contribution in [0.25, 0.3) is 0 Å². The fourth-order valence-corrected chi connectivity index (χ4v) is 5.91. The maximum Gasteiger partial charge on any atom is -0.0205 e. The summed E-state index contributed by atoms with van der Waals surface area (Å²) in [7, 11) is 1.34. The van der Waals surface area contributed by atoms with Crippen LogP contribution in [0.4, 0.5) is 0 Å². The molecule has 0 N–H and O–H groups in total. The lowest BCUT2D eigenvalue weighted by molar-refractivity contribution is 0.202. The first-order chi connectivity index (χ1) is 6.43. The van der Waals surface area contributed by atoms with E-state index in [2.05, 4.69) is 0 Å². The van der Waals surface area contributed by atoms with Gasteiger partial charge in [-0.3, -0.25) is 0 Å². The molecular weight excluding hydrogens is 175 g/mol. The first-order valence-electron chi connectivity index (χ1n) is 6.17. The molecule has 3 fully saturated rings. The first kappa shape index (κ1) is 8.72. The molecule has 1 saturated heterocycles. The molecule has 1 heterocycles. The van der Waals surface area contributed by atoms with E-state index < -0.39 is 0 Å². The van der Waals surface area contributed by atoms with E-state index in [1.54, 1.807) is 51.1 Å². The van der Waals surface area contributed by atoms with Crippen molar-refractivity contribution in [3.63, 3.8) is 0 Å². The zero-order valence-electron chi connectivity index (χ0n) is 8.47. The van der Waals surface area contributed by atoms with Crippen molar-refractivity contribution in [1.29, 1.82) is 0 Å². The molecule has 0 radical (unpaired) electrons. The van der Waals surface area contributed by atoms with Crippen LogP contribution < -0.4 is 0 Å². The Balaban J connectivity index is 1.71. The minimum absolute atomic E-state index is 1.17. The largest absolute Gasteiger partial charge is 0.119 e. The Kier molecular flexibility index (Phi) is 2.37. The normalized spacial score (nSPS) is 51.7. The molecule has 3 rings (SSSR count). The molecule has 1 aliphatic heterocycles. The zero-order chi connectivity index (χ0) is 8.67. The Hall–Kier alpha value is 0.430. The van der Waals surface area contributed by atoms with Gasteiger partial charge >= 0.3 is 0 Å². The Labute approximate surface area is 83.7 Å². The van der Waals surface area contributed by atoms with Crippen molar-refractivity contribution in [2.45, 2.75) is 50.6 Å². The average molecular weight is 196 g/mol. The minimum atomic E-state index is 1.17. The third-order valence-electron chi connectivity index (χ3n) is 4.71. The average Bonchev–Trinajstić information content (AvgIpc) is 2.61. The molecule has 0 aromatic rings. The molecule has 0 spiro atoms. The molecule has 2 saturated carbocycles. The monoisotopic (exact) mass is 196 g/mol. The van der Waals surface area contributed by atoms with Gasteiger partial charge in [0, 0.05) is 0 Å². The highest BCUT2D eigenvalue weighted by Crippen LogP contribution is 2.52. The van der Waals surface area contributed by atoms with Crippen molar-refractivity contribution in [2.24, 2.45) is 17.8 Å². The summed E-state index contributed by atoms with van der Waals surface area (Å²) >= 11 is 0. The summed E-state index contributed by atoms with van der Waals surface area (Å²) in [5, 5.41) is 0. The van der Waals surface area contributed by atoms with E-state index in [9.17, 15) is 0 Å². The summed E-state index contributed by atoms with van der Waals surface area (Å²) in [6.07, 6.45) is 12.7. The first-order valence-corrected chi connectivity index (χ1v) is 7.45. The van der Waals surface area contributed by atoms with Crippen molar-refractivity contribution in [1.82, 2.24) is 0 Å². The zero-order valence-corrected chi connectivity index (χ0v) is 9.47. The molecule has 1 heteroatoms. The third kappa shape index (κ3) is 1.56. The van der Waals surface area contributed by atoms with Crippen molar-refractivity contribution in [3.05, 3.63) is 0 Å². The molecular formula is C12H21P. The van der Waals surface area contributed by atoms with Crippen LogP contribution in [-0.2, 0) is 0 Å². The van der Waals surface area contributed by atoms with E-state index in [1.165, 1.54) is 32.0 Å². The number of fused-ring (bicyclic) bond motifs is 2. The molecule has 74 valence electrons. The highest BCUT2D eigenvalue weighted by Gasteiger charge is 2.39. The maximum atomic E-state index is 1.63. The van der Waals surface area contributed by atoms with Crippen LogP contribution in [-0.4, -0.2) is 11.8 Å². The van der Waals surface area contributed by atoms with E-state index in [0.29, 0.717) is 0 Å². The van der Waals surface area contributed by atoms with Gasteiger partial charge in [0.15, 0.2) is 0 Å². The molecule has 0 amide bonds. The number of rotatable bonds is 0. The second-order valence-electron chi connectivity index (χ2n) is 5.39. The smallest absolute Gasteiger partial charge is 0.0205 e. The van der Waals surface area contributed by atoms with Crippen LogP contribution in [0.1, 0.15) is 44.9 Å². The van der Waals surface area contributed by atoms with E-state index in [-0.39, 0.29) is 0 Å². The molecule has 0 nitrogen and oxygen atoms in total.